The first kappa shape index (κ1) is 12.8. The first-order chi connectivity index (χ1) is 7.54. The van der Waals surface area contributed by atoms with Crippen molar-refractivity contribution in [1.82, 2.24) is 4.90 Å². The predicted molar refractivity (Wildman–Crippen MR) is 58.2 cm³/mol. The molecule has 1 saturated heterocycles. The molecule has 0 aromatic carbocycles. The molecule has 0 radical (unpaired) electrons. The van der Waals surface area contributed by atoms with Crippen LogP contribution in [-0.2, 0) is 9.53 Å². The second-order valence-corrected chi connectivity index (χ2v) is 4.20. The molecule has 92 valence electrons. The van der Waals surface area contributed by atoms with Gasteiger partial charge in [0.05, 0.1) is 5.92 Å². The molecular weight excluding hydrogens is 210 g/mol. The van der Waals surface area contributed by atoms with Crippen LogP contribution < -0.4 is 0 Å². The number of carboxylic acid groups (broad SMARTS) is 1. The zero-order chi connectivity index (χ0) is 12.1. The number of ether oxygens (including phenoxy) is 1. The van der Waals surface area contributed by atoms with Gasteiger partial charge in [0, 0.05) is 13.1 Å². The van der Waals surface area contributed by atoms with Crippen molar-refractivity contribution in [2.75, 3.05) is 13.1 Å². The summed E-state index contributed by atoms with van der Waals surface area (Å²) in [5.74, 6) is -1.08. The Bertz CT molecular complexity index is 259. The van der Waals surface area contributed by atoms with Crippen LogP contribution >= 0.6 is 0 Å². The van der Waals surface area contributed by atoms with Crippen LogP contribution in [0.3, 0.4) is 0 Å². The van der Waals surface area contributed by atoms with Gasteiger partial charge in [0.1, 0.15) is 6.10 Å². The molecule has 5 nitrogen and oxygen atoms in total. The van der Waals surface area contributed by atoms with Crippen molar-refractivity contribution in [3.63, 3.8) is 0 Å². The summed E-state index contributed by atoms with van der Waals surface area (Å²) < 4.78 is 5.17. The Balaban J connectivity index is 2.36. The Morgan fingerprint density at radius 1 is 1.44 bits per heavy atom. The van der Waals surface area contributed by atoms with Gasteiger partial charge in [-0.05, 0) is 26.2 Å². The maximum Gasteiger partial charge on any atom is 0.410 e. The van der Waals surface area contributed by atoms with Gasteiger partial charge in [-0.15, -0.1) is 0 Å². The summed E-state index contributed by atoms with van der Waals surface area (Å²) in [5, 5.41) is 8.81. The molecule has 0 spiro atoms. The number of likely N-dealkylation sites (tertiary alicyclic amines) is 1. The first-order valence-electron chi connectivity index (χ1n) is 5.73. The summed E-state index contributed by atoms with van der Waals surface area (Å²) in [7, 11) is 0. The second kappa shape index (κ2) is 5.72. The van der Waals surface area contributed by atoms with Gasteiger partial charge in [0.25, 0.3) is 0 Å². The SMILES string of the molecule is CCC(C)OC(=O)N1CCC(C(=O)O)CC1. The minimum absolute atomic E-state index is 0.0790. The van der Waals surface area contributed by atoms with Gasteiger partial charge in [-0.3, -0.25) is 4.79 Å². The lowest BCUT2D eigenvalue weighted by molar-refractivity contribution is -0.143. The lowest BCUT2D eigenvalue weighted by Crippen LogP contribution is -2.41. The van der Waals surface area contributed by atoms with Gasteiger partial charge in [-0.2, -0.15) is 0 Å². The molecule has 1 N–H and O–H groups in total. The van der Waals surface area contributed by atoms with E-state index in [1.54, 1.807) is 4.90 Å². The Labute approximate surface area is 95.4 Å². The number of carbonyl (C=O) groups is 2. The standard InChI is InChI=1S/C11H19NO4/c1-3-8(2)16-11(15)12-6-4-9(5-7-12)10(13)14/h8-9H,3-7H2,1-2H3,(H,13,14). The van der Waals surface area contributed by atoms with E-state index in [0.717, 1.165) is 6.42 Å². The molecule has 5 heteroatoms. The number of hydrogen-bond acceptors (Lipinski definition) is 3. The fraction of sp³-hybridized carbons (Fsp3) is 0.818. The molecule has 1 unspecified atom stereocenters. The van der Waals surface area contributed by atoms with Crippen LogP contribution in [0, 0.1) is 5.92 Å². The molecule has 1 aliphatic heterocycles. The van der Waals surface area contributed by atoms with Crippen molar-refractivity contribution >= 4 is 12.1 Å². The van der Waals surface area contributed by atoms with Crippen molar-refractivity contribution in [2.24, 2.45) is 5.92 Å². The summed E-state index contributed by atoms with van der Waals surface area (Å²) in [6.07, 6.45) is 1.43. The number of piperidine rings is 1. The molecule has 1 heterocycles. The van der Waals surface area contributed by atoms with Crippen molar-refractivity contribution in [2.45, 2.75) is 39.2 Å². The van der Waals surface area contributed by atoms with Gasteiger partial charge in [0.2, 0.25) is 0 Å². The Hall–Kier alpha value is -1.26. The molecule has 1 rings (SSSR count). The van der Waals surface area contributed by atoms with Crippen LogP contribution in [0.2, 0.25) is 0 Å². The van der Waals surface area contributed by atoms with Gasteiger partial charge in [-0.1, -0.05) is 6.92 Å². The number of aliphatic carboxylic acids is 1. The van der Waals surface area contributed by atoms with Crippen molar-refractivity contribution in [3.05, 3.63) is 0 Å². The molecule has 0 bridgehead atoms. The highest BCUT2D eigenvalue weighted by molar-refractivity contribution is 5.71. The van der Waals surface area contributed by atoms with Crippen LogP contribution in [-0.4, -0.2) is 41.3 Å². The molecule has 1 fully saturated rings. The summed E-state index contributed by atoms with van der Waals surface area (Å²) in [5.41, 5.74) is 0. The quantitative estimate of drug-likeness (QED) is 0.800. The van der Waals surface area contributed by atoms with Gasteiger partial charge >= 0.3 is 12.1 Å². The molecule has 1 aliphatic rings. The number of carboxylic acids is 1. The number of rotatable bonds is 3. The lowest BCUT2D eigenvalue weighted by Gasteiger charge is -2.30. The predicted octanol–water partition coefficient (Wildman–Crippen LogP) is 1.72. The molecule has 0 aliphatic carbocycles. The van der Waals surface area contributed by atoms with E-state index < -0.39 is 5.97 Å². The maximum atomic E-state index is 11.6. The van der Waals surface area contributed by atoms with Gasteiger partial charge < -0.3 is 14.7 Å². The molecule has 16 heavy (non-hydrogen) atoms. The van der Waals surface area contributed by atoms with E-state index in [-0.39, 0.29) is 18.1 Å². The van der Waals surface area contributed by atoms with Gasteiger partial charge in [-0.25, -0.2) is 4.79 Å². The normalized spacial score (nSPS) is 19.2. The van der Waals surface area contributed by atoms with Crippen LogP contribution in [0.25, 0.3) is 0 Å². The zero-order valence-electron chi connectivity index (χ0n) is 9.81. The van der Waals surface area contributed by atoms with E-state index in [0.29, 0.717) is 25.9 Å². The summed E-state index contributed by atoms with van der Waals surface area (Å²) in [4.78, 5) is 23.9. The largest absolute Gasteiger partial charge is 0.481 e. The molecule has 0 aromatic heterocycles. The van der Waals surface area contributed by atoms with E-state index in [1.165, 1.54) is 0 Å². The number of carbonyl (C=O) groups excluding carboxylic acids is 1. The van der Waals surface area contributed by atoms with Crippen LogP contribution in [0.15, 0.2) is 0 Å². The minimum Gasteiger partial charge on any atom is -0.481 e. The third-order valence-electron chi connectivity index (χ3n) is 2.98. The Kier molecular flexibility index (Phi) is 4.58. The topological polar surface area (TPSA) is 66.8 Å². The van der Waals surface area contributed by atoms with Crippen LogP contribution in [0.4, 0.5) is 4.79 Å². The molecular formula is C11H19NO4. The molecule has 1 amide bonds. The van der Waals surface area contributed by atoms with E-state index in [1.807, 2.05) is 13.8 Å². The smallest absolute Gasteiger partial charge is 0.410 e. The highest BCUT2D eigenvalue weighted by Gasteiger charge is 2.28. The Morgan fingerprint density at radius 2 is 2.00 bits per heavy atom. The maximum absolute atomic E-state index is 11.6. The number of nitrogens with zero attached hydrogens (tertiary/aromatic N) is 1. The highest BCUT2D eigenvalue weighted by Crippen LogP contribution is 2.18. The van der Waals surface area contributed by atoms with Crippen molar-refractivity contribution < 1.29 is 19.4 Å². The lowest BCUT2D eigenvalue weighted by atomic mass is 9.97. The third-order valence-corrected chi connectivity index (χ3v) is 2.98. The average molecular weight is 229 g/mol. The summed E-state index contributed by atoms with van der Waals surface area (Å²) in [6, 6.07) is 0. The average Bonchev–Trinajstić information content (AvgIpc) is 2.28. The van der Waals surface area contributed by atoms with Crippen molar-refractivity contribution in [3.8, 4) is 0 Å². The van der Waals surface area contributed by atoms with E-state index in [4.69, 9.17) is 9.84 Å². The fourth-order valence-electron chi connectivity index (χ4n) is 1.64. The number of amides is 1. The first-order valence-corrected chi connectivity index (χ1v) is 5.73. The van der Waals surface area contributed by atoms with Crippen LogP contribution in [0.5, 0.6) is 0 Å². The fourth-order valence-corrected chi connectivity index (χ4v) is 1.64. The highest BCUT2D eigenvalue weighted by atomic mass is 16.6. The zero-order valence-corrected chi connectivity index (χ0v) is 9.81. The monoisotopic (exact) mass is 229 g/mol. The molecule has 0 aromatic rings. The Morgan fingerprint density at radius 3 is 2.44 bits per heavy atom. The molecule has 1 atom stereocenters. The summed E-state index contributed by atoms with van der Waals surface area (Å²) in [6.45, 7) is 4.76. The van der Waals surface area contributed by atoms with Gasteiger partial charge in [0.15, 0.2) is 0 Å². The summed E-state index contributed by atoms with van der Waals surface area (Å²) >= 11 is 0. The third kappa shape index (κ3) is 3.40. The van der Waals surface area contributed by atoms with E-state index in [9.17, 15) is 9.59 Å². The minimum atomic E-state index is -0.769. The molecule has 0 saturated carbocycles. The van der Waals surface area contributed by atoms with Crippen molar-refractivity contribution in [1.29, 1.82) is 0 Å². The number of hydrogen-bond donors (Lipinski definition) is 1. The van der Waals surface area contributed by atoms with E-state index in [2.05, 4.69) is 0 Å². The van der Waals surface area contributed by atoms with E-state index >= 15 is 0 Å². The second-order valence-electron chi connectivity index (χ2n) is 4.20. The van der Waals surface area contributed by atoms with Crippen LogP contribution in [0.1, 0.15) is 33.1 Å².